The van der Waals surface area contributed by atoms with Crippen LogP contribution in [0.3, 0.4) is 0 Å². The fourth-order valence-corrected chi connectivity index (χ4v) is 2.54. The largest absolute Gasteiger partial charge is 0.469 e. The maximum atomic E-state index is 12.4. The summed E-state index contributed by atoms with van der Waals surface area (Å²) in [6.07, 6.45) is 3.87. The van der Waals surface area contributed by atoms with Gasteiger partial charge in [-0.1, -0.05) is 29.8 Å². The molecule has 3 aromatic rings. The number of rotatable bonds is 7. The van der Waals surface area contributed by atoms with E-state index in [0.717, 1.165) is 11.4 Å². The second kappa shape index (κ2) is 7.66. The predicted octanol–water partition coefficient (Wildman–Crippen LogP) is 3.64. The van der Waals surface area contributed by atoms with Crippen molar-refractivity contribution in [1.82, 2.24) is 15.1 Å². The lowest BCUT2D eigenvalue weighted by Gasteiger charge is -2.24. The number of para-hydroxylation sites is 1. The molecule has 0 atom stereocenters. The molecule has 26 heavy (non-hydrogen) atoms. The summed E-state index contributed by atoms with van der Waals surface area (Å²) in [5.41, 5.74) is -0.271. The minimum absolute atomic E-state index is 0.210. The summed E-state index contributed by atoms with van der Waals surface area (Å²) in [4.78, 5) is 12.4. The second-order valence-corrected chi connectivity index (χ2v) is 6.67. The van der Waals surface area contributed by atoms with Crippen molar-refractivity contribution in [1.29, 1.82) is 0 Å². The highest BCUT2D eigenvalue weighted by Crippen LogP contribution is 2.27. The zero-order valence-corrected chi connectivity index (χ0v) is 15.4. The molecule has 0 aliphatic heterocycles. The van der Waals surface area contributed by atoms with Crippen LogP contribution < -0.4 is 10.1 Å². The highest BCUT2D eigenvalue weighted by molar-refractivity contribution is 6.31. The van der Waals surface area contributed by atoms with Gasteiger partial charge in [-0.05, 0) is 38.1 Å². The van der Waals surface area contributed by atoms with Gasteiger partial charge in [0, 0.05) is 13.0 Å². The van der Waals surface area contributed by atoms with Crippen molar-refractivity contribution >= 4 is 17.5 Å². The van der Waals surface area contributed by atoms with Crippen molar-refractivity contribution in [3.8, 4) is 11.6 Å². The molecule has 1 aromatic carbocycles. The van der Waals surface area contributed by atoms with E-state index in [1.54, 1.807) is 31.0 Å². The molecule has 0 aliphatic rings. The average Bonchev–Trinajstić information content (AvgIpc) is 3.26. The van der Waals surface area contributed by atoms with Gasteiger partial charge < -0.3 is 14.5 Å². The van der Waals surface area contributed by atoms with E-state index < -0.39 is 5.60 Å². The van der Waals surface area contributed by atoms with Crippen LogP contribution in [0.25, 0.3) is 5.69 Å². The topological polar surface area (TPSA) is 69.3 Å². The number of hydrogen-bond acceptors (Lipinski definition) is 4. The Balaban J connectivity index is 1.63. The first-order chi connectivity index (χ1) is 12.5. The maximum absolute atomic E-state index is 12.4. The number of carbonyl (C=O) groups excluding carboxylic acids is 1. The Labute approximate surface area is 156 Å². The molecule has 2 aromatic heterocycles. The molecule has 136 valence electrons. The maximum Gasteiger partial charge on any atom is 0.263 e. The summed E-state index contributed by atoms with van der Waals surface area (Å²) in [5, 5.41) is 7.51. The number of aromatic nitrogens is 2. The summed E-state index contributed by atoms with van der Waals surface area (Å²) in [6, 6.07) is 13.2. The van der Waals surface area contributed by atoms with E-state index in [-0.39, 0.29) is 11.8 Å². The standard InChI is InChI=1S/C19H20ClN3O3/c1-19(2,18(24)21-11-10-15-9-6-12-25-15)26-17-16(20)13-23(22-17)14-7-4-3-5-8-14/h3-9,12-13H,10-11H2,1-2H3,(H,21,24). The summed E-state index contributed by atoms with van der Waals surface area (Å²) in [7, 11) is 0. The molecule has 0 aliphatic carbocycles. The number of benzene rings is 1. The van der Waals surface area contributed by atoms with Crippen LogP contribution in [0.2, 0.25) is 5.02 Å². The average molecular weight is 374 g/mol. The summed E-state index contributed by atoms with van der Waals surface area (Å²) in [5.74, 6) is 0.768. The van der Waals surface area contributed by atoms with Gasteiger partial charge >= 0.3 is 0 Å². The highest BCUT2D eigenvalue weighted by atomic mass is 35.5. The molecule has 0 saturated heterocycles. The quantitative estimate of drug-likeness (QED) is 0.686. The molecule has 0 spiro atoms. The number of amides is 1. The molecule has 0 bridgehead atoms. The first kappa shape index (κ1) is 18.1. The van der Waals surface area contributed by atoms with Crippen molar-refractivity contribution < 1.29 is 13.9 Å². The normalized spacial score (nSPS) is 11.3. The number of carbonyl (C=O) groups is 1. The van der Waals surface area contributed by atoms with Crippen LogP contribution in [-0.2, 0) is 11.2 Å². The number of halogens is 1. The van der Waals surface area contributed by atoms with Crippen molar-refractivity contribution in [3.63, 3.8) is 0 Å². The molecular weight excluding hydrogens is 354 g/mol. The first-order valence-electron chi connectivity index (χ1n) is 8.26. The molecule has 1 N–H and O–H groups in total. The van der Waals surface area contributed by atoms with Gasteiger partial charge in [0.25, 0.3) is 11.8 Å². The lowest BCUT2D eigenvalue weighted by atomic mass is 10.1. The van der Waals surface area contributed by atoms with Gasteiger partial charge in [-0.2, -0.15) is 0 Å². The molecule has 6 nitrogen and oxygen atoms in total. The van der Waals surface area contributed by atoms with E-state index in [2.05, 4.69) is 10.4 Å². The molecule has 3 rings (SSSR count). The van der Waals surface area contributed by atoms with E-state index in [9.17, 15) is 4.79 Å². The minimum Gasteiger partial charge on any atom is -0.469 e. The van der Waals surface area contributed by atoms with E-state index in [1.165, 1.54) is 0 Å². The van der Waals surface area contributed by atoms with Gasteiger partial charge in [-0.25, -0.2) is 4.68 Å². The molecule has 0 unspecified atom stereocenters. The van der Waals surface area contributed by atoms with Crippen LogP contribution in [0, 0.1) is 0 Å². The van der Waals surface area contributed by atoms with Gasteiger partial charge in [-0.15, -0.1) is 5.10 Å². The fraction of sp³-hybridized carbons (Fsp3) is 0.263. The monoisotopic (exact) mass is 373 g/mol. The first-order valence-corrected chi connectivity index (χ1v) is 8.64. The molecule has 7 heteroatoms. The van der Waals surface area contributed by atoms with E-state index in [4.69, 9.17) is 20.8 Å². The Bertz CT molecular complexity index is 858. The SMILES string of the molecule is CC(C)(Oc1nn(-c2ccccc2)cc1Cl)C(=O)NCCc1ccco1. The number of hydrogen-bond donors (Lipinski definition) is 1. The van der Waals surface area contributed by atoms with E-state index >= 15 is 0 Å². The van der Waals surface area contributed by atoms with Crippen molar-refractivity contribution in [2.75, 3.05) is 6.54 Å². The minimum atomic E-state index is -1.12. The van der Waals surface area contributed by atoms with E-state index in [0.29, 0.717) is 18.0 Å². The number of nitrogens with one attached hydrogen (secondary N) is 1. The Morgan fingerprint density at radius 1 is 1.27 bits per heavy atom. The Hall–Kier alpha value is -2.73. The summed E-state index contributed by atoms with van der Waals surface area (Å²) >= 11 is 6.23. The van der Waals surface area contributed by atoms with Crippen LogP contribution in [0.1, 0.15) is 19.6 Å². The van der Waals surface area contributed by atoms with Crippen LogP contribution in [-0.4, -0.2) is 27.8 Å². The van der Waals surface area contributed by atoms with Crippen LogP contribution >= 0.6 is 11.6 Å². The van der Waals surface area contributed by atoms with Crippen molar-refractivity contribution in [2.24, 2.45) is 0 Å². The zero-order valence-electron chi connectivity index (χ0n) is 14.6. The van der Waals surface area contributed by atoms with Gasteiger partial charge in [0.05, 0.1) is 18.1 Å². The number of nitrogens with zero attached hydrogens (tertiary/aromatic N) is 2. The molecule has 0 radical (unpaired) electrons. The summed E-state index contributed by atoms with van der Waals surface area (Å²) in [6.45, 7) is 3.80. The zero-order chi connectivity index (χ0) is 18.6. The van der Waals surface area contributed by atoms with Crippen LogP contribution in [0.4, 0.5) is 0 Å². The third kappa shape index (κ3) is 4.26. The van der Waals surface area contributed by atoms with Crippen LogP contribution in [0.15, 0.2) is 59.3 Å². The van der Waals surface area contributed by atoms with Crippen LogP contribution in [0.5, 0.6) is 5.88 Å². The van der Waals surface area contributed by atoms with Gasteiger partial charge in [-0.3, -0.25) is 4.79 Å². The second-order valence-electron chi connectivity index (χ2n) is 6.26. The Morgan fingerprint density at radius 2 is 2.04 bits per heavy atom. The molecular formula is C19H20ClN3O3. The Kier molecular flexibility index (Phi) is 5.32. The van der Waals surface area contributed by atoms with Crippen molar-refractivity contribution in [3.05, 3.63) is 65.7 Å². The fourth-order valence-electron chi connectivity index (χ4n) is 2.37. The van der Waals surface area contributed by atoms with Gasteiger partial charge in [0.2, 0.25) is 0 Å². The summed E-state index contributed by atoms with van der Waals surface area (Å²) < 4.78 is 12.6. The molecule has 1 amide bonds. The molecule has 0 saturated carbocycles. The lowest BCUT2D eigenvalue weighted by Crippen LogP contribution is -2.47. The smallest absolute Gasteiger partial charge is 0.263 e. The Morgan fingerprint density at radius 3 is 2.73 bits per heavy atom. The van der Waals surface area contributed by atoms with Gasteiger partial charge in [0.15, 0.2) is 5.60 Å². The molecule has 2 heterocycles. The number of furan rings is 1. The highest BCUT2D eigenvalue weighted by Gasteiger charge is 2.31. The third-order valence-corrected chi connectivity index (χ3v) is 4.05. The number of ether oxygens (including phenoxy) is 1. The van der Waals surface area contributed by atoms with Crippen molar-refractivity contribution in [2.45, 2.75) is 25.9 Å². The molecule has 0 fully saturated rings. The third-order valence-electron chi connectivity index (χ3n) is 3.79. The van der Waals surface area contributed by atoms with Gasteiger partial charge in [0.1, 0.15) is 10.8 Å². The predicted molar refractivity (Wildman–Crippen MR) is 98.7 cm³/mol. The lowest BCUT2D eigenvalue weighted by molar-refractivity contribution is -0.134. The van der Waals surface area contributed by atoms with E-state index in [1.807, 2.05) is 42.5 Å².